The van der Waals surface area contributed by atoms with E-state index in [0.717, 1.165) is 25.2 Å². The van der Waals surface area contributed by atoms with Gasteiger partial charge in [0.05, 0.1) is 36.1 Å². The maximum atomic E-state index is 12.8. The minimum atomic E-state index is -2.56. The average Bonchev–Trinajstić information content (AvgIpc) is 3.41. The molecule has 1 fully saturated rings. The van der Waals surface area contributed by atoms with Gasteiger partial charge >= 0.3 is 0 Å². The van der Waals surface area contributed by atoms with E-state index in [9.17, 15) is 9.36 Å². The summed E-state index contributed by atoms with van der Waals surface area (Å²) in [5.74, 6) is 0.881. The lowest BCUT2D eigenvalue weighted by Crippen LogP contribution is -2.31. The van der Waals surface area contributed by atoms with Crippen molar-refractivity contribution in [2.75, 3.05) is 68.5 Å². The molecule has 1 saturated heterocycles. The molecule has 1 unspecified atom stereocenters. The van der Waals surface area contributed by atoms with Gasteiger partial charge in [0.15, 0.2) is 5.82 Å². The second-order valence-corrected chi connectivity index (χ2v) is 14.3. The van der Waals surface area contributed by atoms with E-state index < -0.39 is 7.14 Å². The molecular formula is C29H37ClN7O3P. The average molecular weight is 598 g/mol. The van der Waals surface area contributed by atoms with E-state index in [2.05, 4.69) is 56.4 Å². The van der Waals surface area contributed by atoms with Crippen molar-refractivity contribution in [3.63, 3.8) is 0 Å². The molecule has 41 heavy (non-hydrogen) atoms. The lowest BCUT2D eigenvalue weighted by atomic mass is 10.2. The summed E-state index contributed by atoms with van der Waals surface area (Å²) in [6, 6.07) is 11.5. The van der Waals surface area contributed by atoms with Crippen LogP contribution in [-0.2, 0) is 9.36 Å². The zero-order valence-corrected chi connectivity index (χ0v) is 25.9. The molecule has 10 nitrogen and oxygen atoms in total. The van der Waals surface area contributed by atoms with Crippen LogP contribution in [0.3, 0.4) is 0 Å². The van der Waals surface area contributed by atoms with Gasteiger partial charge in [-0.15, -0.1) is 0 Å². The molecule has 1 atom stereocenters. The third-order valence-corrected chi connectivity index (χ3v) is 8.74. The maximum absolute atomic E-state index is 12.8. The molecule has 0 saturated carbocycles. The molecular weight excluding hydrogens is 561 g/mol. The highest BCUT2D eigenvalue weighted by Crippen LogP contribution is 2.41. The summed E-state index contributed by atoms with van der Waals surface area (Å²) >= 11 is 6.44. The number of anilines is 6. The number of nitrogens with zero attached hydrogens (tertiary/aromatic N) is 4. The molecule has 0 bridgehead atoms. The van der Waals surface area contributed by atoms with Crippen molar-refractivity contribution in [2.24, 2.45) is 0 Å². The first-order chi connectivity index (χ1) is 19.4. The fraction of sp³-hybridized carbons (Fsp3) is 0.345. The number of hydrogen-bond donors (Lipinski definition) is 3. The number of carbonyl (C=O) groups is 1. The van der Waals surface area contributed by atoms with Crippen LogP contribution in [0.2, 0.25) is 5.02 Å². The van der Waals surface area contributed by atoms with Gasteiger partial charge in [0.25, 0.3) is 5.91 Å². The zero-order chi connectivity index (χ0) is 29.9. The van der Waals surface area contributed by atoms with Gasteiger partial charge in [0.1, 0.15) is 17.9 Å². The first-order valence-electron chi connectivity index (χ1n) is 13.2. The Labute approximate surface area is 246 Å². The molecule has 218 valence electrons. The number of methoxy groups -OCH3 is 1. The number of amides is 1. The number of halogens is 1. The van der Waals surface area contributed by atoms with Crippen LogP contribution in [0.1, 0.15) is 13.3 Å². The molecule has 1 aliphatic heterocycles. The molecule has 2 heterocycles. The molecule has 3 N–H and O–H groups in total. The second kappa shape index (κ2) is 12.5. The van der Waals surface area contributed by atoms with Crippen LogP contribution in [-0.4, -0.2) is 74.4 Å². The highest BCUT2D eigenvalue weighted by atomic mass is 35.5. The summed E-state index contributed by atoms with van der Waals surface area (Å²) in [5, 5.41) is 10.4. The van der Waals surface area contributed by atoms with Crippen LogP contribution in [0.5, 0.6) is 5.75 Å². The standard InChI is InChI=1S/C29H37ClN7O3P/c1-18(2)28(38)33-22-14-23(25(40-5)15-24(22)37-13-12-19(17-37)36(3)4)34-29-31-16-20(30)27(35-29)32-21-10-8-9-11-26(21)41(6,7)39/h8-11,14-16,19H,1,12-13,17H2,2-7H3,(H,33,38)(H2,31,32,34,35). The number of aromatic nitrogens is 2. The second-order valence-electron chi connectivity index (χ2n) is 10.7. The van der Waals surface area contributed by atoms with Gasteiger partial charge < -0.3 is 35.1 Å². The van der Waals surface area contributed by atoms with Crippen LogP contribution in [0, 0.1) is 0 Å². The SMILES string of the molecule is C=C(C)C(=O)Nc1cc(Nc2ncc(Cl)c(Nc3ccccc3P(C)(C)=O)n2)c(OC)cc1N1CCC(N(C)C)C1. The van der Waals surface area contributed by atoms with Gasteiger partial charge in [-0.2, -0.15) is 4.98 Å². The number of hydrogen-bond acceptors (Lipinski definition) is 9. The Balaban J connectivity index is 1.69. The Morgan fingerprint density at radius 2 is 1.90 bits per heavy atom. The highest BCUT2D eigenvalue weighted by Gasteiger charge is 2.27. The Bertz CT molecular complexity index is 1510. The number of benzene rings is 2. The first-order valence-corrected chi connectivity index (χ1v) is 16.2. The number of para-hydroxylation sites is 1. The van der Waals surface area contributed by atoms with Gasteiger partial charge in [-0.1, -0.05) is 30.3 Å². The van der Waals surface area contributed by atoms with Gasteiger partial charge in [-0.3, -0.25) is 4.79 Å². The summed E-state index contributed by atoms with van der Waals surface area (Å²) in [4.78, 5) is 26.1. The van der Waals surface area contributed by atoms with Crippen molar-refractivity contribution < 1.29 is 14.1 Å². The van der Waals surface area contributed by atoms with E-state index in [1.807, 2.05) is 36.4 Å². The molecule has 2 aromatic carbocycles. The molecule has 1 aromatic heterocycles. The molecule has 0 spiro atoms. The number of rotatable bonds is 10. The predicted octanol–water partition coefficient (Wildman–Crippen LogP) is 5.53. The molecule has 4 rings (SSSR count). The Hall–Kier alpha value is -3.59. The van der Waals surface area contributed by atoms with Crippen molar-refractivity contribution in [3.05, 3.63) is 59.8 Å². The fourth-order valence-corrected chi connectivity index (χ4v) is 5.91. The van der Waals surface area contributed by atoms with Gasteiger partial charge in [0, 0.05) is 36.1 Å². The largest absolute Gasteiger partial charge is 0.494 e. The minimum absolute atomic E-state index is 0.252. The topological polar surface area (TPSA) is 112 Å². The lowest BCUT2D eigenvalue weighted by molar-refractivity contribution is -0.112. The van der Waals surface area contributed by atoms with Crippen molar-refractivity contribution in [1.29, 1.82) is 0 Å². The number of nitrogens with one attached hydrogen (secondary N) is 3. The maximum Gasteiger partial charge on any atom is 0.250 e. The van der Waals surface area contributed by atoms with E-state index in [-0.39, 0.29) is 11.9 Å². The molecule has 12 heteroatoms. The van der Waals surface area contributed by atoms with E-state index in [4.69, 9.17) is 16.3 Å². The molecule has 0 aliphatic carbocycles. The first kappa shape index (κ1) is 30.4. The molecule has 3 aromatic rings. The van der Waals surface area contributed by atoms with Gasteiger partial charge in [-0.25, -0.2) is 4.98 Å². The normalized spacial score (nSPS) is 15.1. The summed E-state index contributed by atoms with van der Waals surface area (Å²) in [6.45, 7) is 10.5. The van der Waals surface area contributed by atoms with Crippen LogP contribution in [0.25, 0.3) is 0 Å². The van der Waals surface area contributed by atoms with Crippen LogP contribution >= 0.6 is 18.7 Å². The quantitative estimate of drug-likeness (QED) is 0.205. The van der Waals surface area contributed by atoms with Crippen molar-refractivity contribution >= 4 is 64.5 Å². The molecule has 1 aliphatic rings. The van der Waals surface area contributed by atoms with E-state index in [0.29, 0.717) is 50.6 Å². The third-order valence-electron chi connectivity index (χ3n) is 6.92. The summed E-state index contributed by atoms with van der Waals surface area (Å²) in [5.41, 5.74) is 3.07. The van der Waals surface area contributed by atoms with Crippen molar-refractivity contribution in [2.45, 2.75) is 19.4 Å². The number of likely N-dealkylation sites (N-methyl/N-ethyl adjacent to an activating group) is 1. The number of ether oxygens (including phenoxy) is 1. The Morgan fingerprint density at radius 3 is 2.54 bits per heavy atom. The van der Waals surface area contributed by atoms with E-state index in [1.54, 1.807) is 27.4 Å². The fourth-order valence-electron chi connectivity index (χ4n) is 4.62. The van der Waals surface area contributed by atoms with Gasteiger partial charge in [0.2, 0.25) is 5.95 Å². The third kappa shape index (κ3) is 7.19. The molecule has 1 amide bonds. The monoisotopic (exact) mass is 597 g/mol. The van der Waals surface area contributed by atoms with Crippen LogP contribution in [0.15, 0.2) is 54.7 Å². The van der Waals surface area contributed by atoms with Gasteiger partial charge in [-0.05, 0) is 59.0 Å². The van der Waals surface area contributed by atoms with Crippen molar-refractivity contribution in [1.82, 2.24) is 14.9 Å². The lowest BCUT2D eigenvalue weighted by Gasteiger charge is -2.26. The smallest absolute Gasteiger partial charge is 0.250 e. The van der Waals surface area contributed by atoms with Crippen LogP contribution < -0.4 is 30.9 Å². The minimum Gasteiger partial charge on any atom is -0.494 e. The molecule has 0 radical (unpaired) electrons. The zero-order valence-electron chi connectivity index (χ0n) is 24.3. The highest BCUT2D eigenvalue weighted by molar-refractivity contribution is 7.70. The Kier molecular flexibility index (Phi) is 9.27. The van der Waals surface area contributed by atoms with Crippen molar-refractivity contribution in [3.8, 4) is 5.75 Å². The van der Waals surface area contributed by atoms with Crippen LogP contribution in [0.4, 0.5) is 34.5 Å². The summed E-state index contributed by atoms with van der Waals surface area (Å²) < 4.78 is 18.6. The van der Waals surface area contributed by atoms with E-state index >= 15 is 0 Å². The predicted molar refractivity (Wildman–Crippen MR) is 170 cm³/mol. The summed E-state index contributed by atoms with van der Waals surface area (Å²) in [6.07, 6.45) is 2.49. The number of carbonyl (C=O) groups excluding carboxylic acids is 1. The van der Waals surface area contributed by atoms with E-state index in [1.165, 1.54) is 6.20 Å². The Morgan fingerprint density at radius 1 is 1.17 bits per heavy atom. The summed E-state index contributed by atoms with van der Waals surface area (Å²) in [7, 11) is 3.17.